The maximum atomic E-state index is 4.03. The zero-order valence-corrected chi connectivity index (χ0v) is 6.83. The lowest BCUT2D eigenvalue weighted by molar-refractivity contribution is 0.771. The lowest BCUT2D eigenvalue weighted by Crippen LogP contribution is -1.87. The maximum absolute atomic E-state index is 4.03. The van der Waals surface area contributed by atoms with Crippen molar-refractivity contribution in [2.24, 2.45) is 12.0 Å². The van der Waals surface area contributed by atoms with Gasteiger partial charge in [-0.25, -0.2) is 4.99 Å². The molecule has 11 heavy (non-hydrogen) atoms. The van der Waals surface area contributed by atoms with Gasteiger partial charge < -0.3 is 0 Å². The van der Waals surface area contributed by atoms with Crippen LogP contribution in [0, 0.1) is 0 Å². The normalized spacial score (nSPS) is 9.64. The number of allylic oxidation sites excluding steroid dienone is 1. The monoisotopic (exact) mass is 149 g/mol. The summed E-state index contributed by atoms with van der Waals surface area (Å²) in [4.78, 5) is 3.84. The van der Waals surface area contributed by atoms with Crippen LogP contribution in [0.25, 0.3) is 5.57 Å². The molecule has 3 heteroatoms. The Morgan fingerprint density at radius 2 is 2.36 bits per heavy atom. The average Bonchev–Trinajstić information content (AvgIpc) is 2.30. The Labute approximate surface area is 66.1 Å². The minimum Gasteiger partial charge on any atom is -0.250 e. The third-order valence-corrected chi connectivity index (χ3v) is 1.52. The summed E-state index contributed by atoms with van der Waals surface area (Å²) in [5, 5.41) is 4.03. The molecule has 0 amide bonds. The Kier molecular flexibility index (Phi) is 1.89. The van der Waals surface area contributed by atoms with Crippen molar-refractivity contribution in [3.8, 4) is 0 Å². The molecule has 0 bridgehead atoms. The van der Waals surface area contributed by atoms with Crippen molar-refractivity contribution in [3.05, 3.63) is 18.3 Å². The van der Waals surface area contributed by atoms with Gasteiger partial charge in [0.05, 0.1) is 6.20 Å². The van der Waals surface area contributed by atoms with Crippen molar-refractivity contribution in [2.75, 3.05) is 0 Å². The first-order chi connectivity index (χ1) is 5.16. The summed E-state index contributed by atoms with van der Waals surface area (Å²) in [6.45, 7) is 9.18. The van der Waals surface area contributed by atoms with Gasteiger partial charge in [0.15, 0.2) is 5.82 Å². The first-order valence-corrected chi connectivity index (χ1v) is 3.31. The highest BCUT2D eigenvalue weighted by Crippen LogP contribution is 2.22. The number of nitrogens with zero attached hydrogens (tertiary/aromatic N) is 3. The fraction of sp³-hybridized carbons (Fsp3) is 0.250. The van der Waals surface area contributed by atoms with E-state index in [1.807, 2.05) is 14.0 Å². The van der Waals surface area contributed by atoms with Gasteiger partial charge in [0, 0.05) is 12.6 Å². The largest absolute Gasteiger partial charge is 0.250 e. The molecule has 0 aliphatic heterocycles. The second kappa shape index (κ2) is 2.70. The van der Waals surface area contributed by atoms with E-state index in [1.165, 1.54) is 0 Å². The van der Waals surface area contributed by atoms with Crippen molar-refractivity contribution in [1.29, 1.82) is 0 Å². The number of aromatic nitrogens is 2. The summed E-state index contributed by atoms with van der Waals surface area (Å²) in [6, 6.07) is 0. The van der Waals surface area contributed by atoms with Gasteiger partial charge in [0.25, 0.3) is 0 Å². The molecule has 3 nitrogen and oxygen atoms in total. The van der Waals surface area contributed by atoms with E-state index in [1.54, 1.807) is 10.9 Å². The maximum Gasteiger partial charge on any atom is 0.157 e. The van der Waals surface area contributed by atoms with Crippen LogP contribution in [0.4, 0.5) is 5.82 Å². The number of hydrogen-bond acceptors (Lipinski definition) is 2. The first kappa shape index (κ1) is 7.72. The highest BCUT2D eigenvalue weighted by Gasteiger charge is 2.05. The van der Waals surface area contributed by atoms with Gasteiger partial charge in [-0.2, -0.15) is 5.10 Å². The predicted molar refractivity (Wildman–Crippen MR) is 47.1 cm³/mol. The van der Waals surface area contributed by atoms with Crippen molar-refractivity contribution in [2.45, 2.75) is 6.92 Å². The molecule has 0 radical (unpaired) electrons. The van der Waals surface area contributed by atoms with Crippen LogP contribution in [-0.2, 0) is 7.05 Å². The number of rotatable bonds is 2. The SMILES string of the molecule is C=Nc1c(C(=C)C)cnn1C. The summed E-state index contributed by atoms with van der Waals surface area (Å²) in [5.41, 5.74) is 1.92. The second-order valence-electron chi connectivity index (χ2n) is 2.44. The van der Waals surface area contributed by atoms with Gasteiger partial charge in [-0.15, -0.1) is 0 Å². The number of aryl methyl sites for hydroxylation is 1. The van der Waals surface area contributed by atoms with Gasteiger partial charge in [0.2, 0.25) is 0 Å². The van der Waals surface area contributed by atoms with Crippen LogP contribution in [0.5, 0.6) is 0 Å². The molecule has 0 N–H and O–H groups in total. The van der Waals surface area contributed by atoms with Crippen molar-refractivity contribution < 1.29 is 0 Å². The quantitative estimate of drug-likeness (QED) is 0.589. The molecule has 0 atom stereocenters. The van der Waals surface area contributed by atoms with Gasteiger partial charge >= 0.3 is 0 Å². The standard InChI is InChI=1S/C8H11N3/c1-6(2)7-5-10-11(4)8(7)9-3/h5H,1,3H2,2,4H3. The van der Waals surface area contributed by atoms with E-state index < -0.39 is 0 Å². The fourth-order valence-electron chi connectivity index (χ4n) is 0.920. The molecular weight excluding hydrogens is 138 g/mol. The Morgan fingerprint density at radius 3 is 2.73 bits per heavy atom. The van der Waals surface area contributed by atoms with E-state index in [9.17, 15) is 0 Å². The van der Waals surface area contributed by atoms with Crippen LogP contribution in [0.1, 0.15) is 12.5 Å². The van der Waals surface area contributed by atoms with Gasteiger partial charge in [-0.05, 0) is 19.2 Å². The molecule has 1 heterocycles. The van der Waals surface area contributed by atoms with Gasteiger partial charge in [0.1, 0.15) is 0 Å². The van der Waals surface area contributed by atoms with E-state index in [-0.39, 0.29) is 0 Å². The number of hydrogen-bond donors (Lipinski definition) is 0. The summed E-state index contributed by atoms with van der Waals surface area (Å²) in [6.07, 6.45) is 1.74. The summed E-state index contributed by atoms with van der Waals surface area (Å²) in [5.74, 6) is 0.775. The summed E-state index contributed by atoms with van der Waals surface area (Å²) < 4.78 is 1.68. The summed E-state index contributed by atoms with van der Waals surface area (Å²) in [7, 11) is 1.83. The van der Waals surface area contributed by atoms with Crippen LogP contribution in [0.2, 0.25) is 0 Å². The molecule has 0 fully saturated rings. The molecule has 0 aliphatic carbocycles. The molecule has 1 aromatic rings. The topological polar surface area (TPSA) is 30.2 Å². The highest BCUT2D eigenvalue weighted by molar-refractivity contribution is 5.70. The molecule has 58 valence electrons. The van der Waals surface area contributed by atoms with Gasteiger partial charge in [-0.1, -0.05) is 6.58 Å². The van der Waals surface area contributed by atoms with E-state index in [2.05, 4.69) is 23.4 Å². The molecule has 0 saturated heterocycles. The molecule has 1 rings (SSSR count). The first-order valence-electron chi connectivity index (χ1n) is 3.31. The zero-order valence-electron chi connectivity index (χ0n) is 6.83. The zero-order chi connectivity index (χ0) is 8.43. The van der Waals surface area contributed by atoms with Crippen molar-refractivity contribution in [3.63, 3.8) is 0 Å². The number of aliphatic imine (C=N–C) groups is 1. The smallest absolute Gasteiger partial charge is 0.157 e. The average molecular weight is 149 g/mol. The van der Waals surface area contributed by atoms with E-state index in [0.29, 0.717) is 0 Å². The Bertz CT molecular complexity index is 296. The molecule has 0 saturated carbocycles. The third kappa shape index (κ3) is 1.22. The van der Waals surface area contributed by atoms with Crippen LogP contribution in [0.3, 0.4) is 0 Å². The van der Waals surface area contributed by atoms with Crippen LogP contribution < -0.4 is 0 Å². The Morgan fingerprint density at radius 1 is 1.73 bits per heavy atom. The minimum absolute atomic E-state index is 0.775. The predicted octanol–water partition coefficient (Wildman–Crippen LogP) is 1.79. The molecule has 0 aromatic carbocycles. The Balaban J connectivity index is 3.26. The third-order valence-electron chi connectivity index (χ3n) is 1.52. The van der Waals surface area contributed by atoms with Crippen LogP contribution in [-0.4, -0.2) is 16.5 Å². The Hall–Kier alpha value is -1.38. The van der Waals surface area contributed by atoms with Crippen LogP contribution in [0.15, 0.2) is 17.8 Å². The van der Waals surface area contributed by atoms with Crippen molar-refractivity contribution >= 4 is 18.1 Å². The summed E-state index contributed by atoms with van der Waals surface area (Å²) >= 11 is 0. The second-order valence-corrected chi connectivity index (χ2v) is 2.44. The molecular formula is C8H11N3. The van der Waals surface area contributed by atoms with Crippen molar-refractivity contribution in [1.82, 2.24) is 9.78 Å². The van der Waals surface area contributed by atoms with Gasteiger partial charge in [-0.3, -0.25) is 4.68 Å². The minimum atomic E-state index is 0.775. The van der Waals surface area contributed by atoms with Crippen LogP contribution >= 0.6 is 0 Å². The van der Waals surface area contributed by atoms with E-state index in [4.69, 9.17) is 0 Å². The van der Waals surface area contributed by atoms with E-state index >= 15 is 0 Å². The lowest BCUT2D eigenvalue weighted by atomic mass is 10.2. The molecule has 0 unspecified atom stereocenters. The molecule has 0 spiro atoms. The highest BCUT2D eigenvalue weighted by atomic mass is 15.3. The molecule has 0 aliphatic rings. The lowest BCUT2D eigenvalue weighted by Gasteiger charge is -1.97. The fourth-order valence-corrected chi connectivity index (χ4v) is 0.920. The molecule has 1 aromatic heterocycles. The van der Waals surface area contributed by atoms with E-state index in [0.717, 1.165) is 17.0 Å².